The van der Waals surface area contributed by atoms with E-state index in [0.717, 1.165) is 36.1 Å². The van der Waals surface area contributed by atoms with Crippen molar-refractivity contribution < 1.29 is 9.32 Å². The fourth-order valence-electron chi connectivity index (χ4n) is 4.44. The van der Waals surface area contributed by atoms with E-state index < -0.39 is 0 Å². The number of rotatable bonds is 5. The van der Waals surface area contributed by atoms with E-state index in [-0.39, 0.29) is 17.7 Å². The second kappa shape index (κ2) is 9.18. The van der Waals surface area contributed by atoms with Gasteiger partial charge in [-0.15, -0.1) is 0 Å². The zero-order chi connectivity index (χ0) is 21.8. The van der Waals surface area contributed by atoms with E-state index in [9.17, 15) is 4.79 Å². The Bertz CT molecular complexity index is 1120. The van der Waals surface area contributed by atoms with Crippen molar-refractivity contribution in [2.75, 3.05) is 13.1 Å². The summed E-state index contributed by atoms with van der Waals surface area (Å²) in [7, 11) is 0. The first-order valence-corrected chi connectivity index (χ1v) is 11.1. The van der Waals surface area contributed by atoms with Crippen LogP contribution in [0.15, 0.2) is 95.5 Å². The zero-order valence-electron chi connectivity index (χ0n) is 17.8. The van der Waals surface area contributed by atoms with Gasteiger partial charge in [0.15, 0.2) is 0 Å². The predicted octanol–water partition coefficient (Wildman–Crippen LogP) is 5.27. The first kappa shape index (κ1) is 20.2. The molecule has 1 aromatic heterocycles. The molecule has 3 aromatic carbocycles. The molecule has 1 saturated heterocycles. The average molecular weight is 424 g/mol. The third-order valence-corrected chi connectivity index (χ3v) is 6.07. The highest BCUT2D eigenvalue weighted by Crippen LogP contribution is 2.32. The van der Waals surface area contributed by atoms with Gasteiger partial charge in [-0.05, 0) is 24.0 Å². The monoisotopic (exact) mass is 423 g/mol. The van der Waals surface area contributed by atoms with E-state index in [1.807, 2.05) is 95.9 Å². The maximum atomic E-state index is 13.8. The van der Waals surface area contributed by atoms with Gasteiger partial charge in [0, 0.05) is 18.7 Å². The molecule has 0 radical (unpaired) electrons. The third-order valence-electron chi connectivity index (χ3n) is 6.07. The predicted molar refractivity (Wildman–Crippen MR) is 123 cm³/mol. The largest absolute Gasteiger partial charge is 0.341 e. The normalized spacial score (nSPS) is 16.3. The van der Waals surface area contributed by atoms with Crippen LogP contribution in [0.2, 0.25) is 0 Å². The second-order valence-corrected chi connectivity index (χ2v) is 8.20. The van der Waals surface area contributed by atoms with E-state index in [0.29, 0.717) is 18.3 Å². The van der Waals surface area contributed by atoms with Crippen molar-refractivity contribution in [2.45, 2.75) is 24.7 Å². The lowest BCUT2D eigenvalue weighted by molar-refractivity contribution is -0.133. The molecule has 0 N–H and O–H groups in total. The van der Waals surface area contributed by atoms with Crippen LogP contribution in [-0.4, -0.2) is 34.0 Å². The molecule has 1 aliphatic heterocycles. The highest BCUT2D eigenvalue weighted by molar-refractivity contribution is 5.87. The van der Waals surface area contributed by atoms with Gasteiger partial charge in [0.2, 0.25) is 17.6 Å². The summed E-state index contributed by atoms with van der Waals surface area (Å²) in [6.07, 6.45) is 1.84. The molecule has 0 aliphatic carbocycles. The Morgan fingerprint density at radius 1 is 0.875 bits per heavy atom. The molecular weight excluding hydrogens is 398 g/mol. The van der Waals surface area contributed by atoms with Gasteiger partial charge in [0.1, 0.15) is 0 Å². The number of aromatic nitrogens is 2. The highest BCUT2D eigenvalue weighted by atomic mass is 16.5. The van der Waals surface area contributed by atoms with Crippen LogP contribution >= 0.6 is 0 Å². The number of hydrogen-bond donors (Lipinski definition) is 0. The van der Waals surface area contributed by atoms with Crippen LogP contribution < -0.4 is 0 Å². The van der Waals surface area contributed by atoms with Crippen LogP contribution in [0, 0.1) is 0 Å². The van der Waals surface area contributed by atoms with Crippen molar-refractivity contribution in [3.05, 3.63) is 108 Å². The molecule has 0 saturated carbocycles. The fraction of sp³-hybridized carbons (Fsp3) is 0.222. The van der Waals surface area contributed by atoms with Gasteiger partial charge in [0.05, 0.1) is 11.8 Å². The molecule has 1 fully saturated rings. The average Bonchev–Trinajstić information content (AvgIpc) is 3.37. The molecule has 32 heavy (non-hydrogen) atoms. The summed E-state index contributed by atoms with van der Waals surface area (Å²) in [6.45, 7) is 1.33. The molecule has 2 heterocycles. The molecule has 5 nitrogen and oxygen atoms in total. The van der Waals surface area contributed by atoms with Crippen LogP contribution in [0.4, 0.5) is 0 Å². The Hall–Kier alpha value is -3.73. The number of carbonyl (C=O) groups is 1. The molecule has 1 amide bonds. The smallest absolute Gasteiger partial charge is 0.234 e. The summed E-state index contributed by atoms with van der Waals surface area (Å²) in [6, 6.07) is 29.8. The fourth-order valence-corrected chi connectivity index (χ4v) is 4.44. The molecule has 160 valence electrons. The van der Waals surface area contributed by atoms with Crippen LogP contribution in [0.3, 0.4) is 0 Å². The third kappa shape index (κ3) is 4.19. The molecule has 5 heteroatoms. The van der Waals surface area contributed by atoms with Crippen LogP contribution in [0.1, 0.15) is 41.7 Å². The Morgan fingerprint density at radius 3 is 2.09 bits per heavy atom. The van der Waals surface area contributed by atoms with Crippen molar-refractivity contribution in [3.8, 4) is 11.4 Å². The highest BCUT2D eigenvalue weighted by Gasteiger charge is 2.33. The number of carbonyl (C=O) groups excluding carboxylic acids is 1. The van der Waals surface area contributed by atoms with Gasteiger partial charge >= 0.3 is 0 Å². The number of hydrogen-bond acceptors (Lipinski definition) is 4. The molecule has 1 atom stereocenters. The van der Waals surface area contributed by atoms with Gasteiger partial charge in [-0.3, -0.25) is 4.79 Å². The van der Waals surface area contributed by atoms with Crippen LogP contribution in [-0.2, 0) is 4.79 Å². The van der Waals surface area contributed by atoms with Crippen molar-refractivity contribution in [3.63, 3.8) is 0 Å². The summed E-state index contributed by atoms with van der Waals surface area (Å²) in [5.41, 5.74) is 2.95. The molecule has 5 rings (SSSR count). The summed E-state index contributed by atoms with van der Waals surface area (Å²) in [5.74, 6) is 1.05. The lowest BCUT2D eigenvalue weighted by Gasteiger charge is -2.34. The Morgan fingerprint density at radius 2 is 1.47 bits per heavy atom. The van der Waals surface area contributed by atoms with Crippen LogP contribution in [0.5, 0.6) is 0 Å². The molecule has 0 unspecified atom stereocenters. The number of likely N-dealkylation sites (tertiary alicyclic amines) is 1. The standard InChI is InChI=1S/C27H25N3O2/c31-27(24(20-11-4-1-5-12-20)21-13-6-2-7-14-21)30-18-10-17-23(19-30)26-28-25(29-32-26)22-15-8-3-9-16-22/h1-9,11-16,23-24H,10,17-19H2/t23-/m1/s1. The topological polar surface area (TPSA) is 59.2 Å². The molecule has 0 spiro atoms. The van der Waals surface area contributed by atoms with Crippen molar-refractivity contribution in [2.24, 2.45) is 0 Å². The Labute approximate surface area is 187 Å². The molecule has 1 aliphatic rings. The summed E-state index contributed by atoms with van der Waals surface area (Å²) >= 11 is 0. The maximum Gasteiger partial charge on any atom is 0.234 e. The van der Waals surface area contributed by atoms with Crippen LogP contribution in [0.25, 0.3) is 11.4 Å². The van der Waals surface area contributed by atoms with E-state index in [4.69, 9.17) is 4.52 Å². The van der Waals surface area contributed by atoms with Crippen molar-refractivity contribution >= 4 is 5.91 Å². The van der Waals surface area contributed by atoms with Gasteiger partial charge in [-0.2, -0.15) is 4.98 Å². The van der Waals surface area contributed by atoms with Gasteiger partial charge in [-0.1, -0.05) is 96.2 Å². The van der Waals surface area contributed by atoms with E-state index >= 15 is 0 Å². The maximum absolute atomic E-state index is 13.8. The number of piperidine rings is 1. The summed E-state index contributed by atoms with van der Waals surface area (Å²) in [5, 5.41) is 4.17. The van der Waals surface area contributed by atoms with Gasteiger partial charge < -0.3 is 9.42 Å². The summed E-state index contributed by atoms with van der Waals surface area (Å²) < 4.78 is 5.62. The Balaban J connectivity index is 1.38. The molecular formula is C27H25N3O2. The SMILES string of the molecule is O=C(C(c1ccccc1)c1ccccc1)N1CCC[C@@H](c2nc(-c3ccccc3)no2)C1. The molecule has 4 aromatic rings. The van der Waals surface area contributed by atoms with E-state index in [1.54, 1.807) is 0 Å². The minimum atomic E-state index is -0.321. The first-order valence-electron chi connectivity index (χ1n) is 11.1. The van der Waals surface area contributed by atoms with Gasteiger partial charge in [-0.25, -0.2) is 0 Å². The zero-order valence-corrected chi connectivity index (χ0v) is 17.8. The number of benzene rings is 3. The minimum absolute atomic E-state index is 0.0462. The molecule has 0 bridgehead atoms. The first-order chi connectivity index (χ1) is 15.8. The van der Waals surface area contributed by atoms with Crippen molar-refractivity contribution in [1.82, 2.24) is 15.0 Å². The minimum Gasteiger partial charge on any atom is -0.341 e. The Kier molecular flexibility index (Phi) is 5.79. The van der Waals surface area contributed by atoms with Crippen molar-refractivity contribution in [1.29, 1.82) is 0 Å². The second-order valence-electron chi connectivity index (χ2n) is 8.20. The van der Waals surface area contributed by atoms with E-state index in [1.165, 1.54) is 0 Å². The number of amides is 1. The number of nitrogens with zero attached hydrogens (tertiary/aromatic N) is 3. The lowest BCUT2D eigenvalue weighted by atomic mass is 9.88. The quantitative estimate of drug-likeness (QED) is 0.438. The van der Waals surface area contributed by atoms with Gasteiger partial charge in [0.25, 0.3) is 0 Å². The lowest BCUT2D eigenvalue weighted by Crippen LogP contribution is -2.42. The summed E-state index contributed by atoms with van der Waals surface area (Å²) in [4.78, 5) is 20.4. The van der Waals surface area contributed by atoms with E-state index in [2.05, 4.69) is 10.1 Å².